The quantitative estimate of drug-likeness (QED) is 0.890. The molecule has 0 aromatic heterocycles. The molecule has 1 aliphatic rings. The molecule has 2 amide bonds. The number of rotatable bonds is 5. The molecule has 136 valence electrons. The van der Waals surface area contributed by atoms with E-state index in [2.05, 4.69) is 5.32 Å². The molecule has 0 spiro atoms. The molecule has 1 fully saturated rings. The Balaban J connectivity index is 1.66. The predicted octanol–water partition coefficient (Wildman–Crippen LogP) is 3.60. The molecule has 3 rings (SSSR count). The summed E-state index contributed by atoms with van der Waals surface area (Å²) in [6.45, 7) is 4.14. The first-order valence-corrected chi connectivity index (χ1v) is 8.56. The molecule has 1 saturated heterocycles. The van der Waals surface area contributed by atoms with Crippen LogP contribution in [0, 0.1) is 11.7 Å². The molecule has 0 radical (unpaired) electrons. The topological polar surface area (TPSA) is 58.6 Å². The molecule has 26 heavy (non-hydrogen) atoms. The smallest absolute Gasteiger partial charge is 0.229 e. The van der Waals surface area contributed by atoms with Crippen LogP contribution in [0.25, 0.3) is 0 Å². The number of halogens is 1. The number of benzene rings is 2. The molecule has 0 aliphatic carbocycles. The van der Waals surface area contributed by atoms with Crippen molar-refractivity contribution in [1.82, 2.24) is 0 Å². The van der Waals surface area contributed by atoms with Gasteiger partial charge in [0, 0.05) is 30.4 Å². The highest BCUT2D eigenvalue weighted by molar-refractivity contribution is 6.03. The SMILES string of the molecule is CC(C)Oc1cccc(NC(=O)[C@@H]2CC(=O)N(c3ccc(F)cc3)C2)c1. The monoisotopic (exact) mass is 356 g/mol. The highest BCUT2D eigenvalue weighted by Gasteiger charge is 2.35. The lowest BCUT2D eigenvalue weighted by Crippen LogP contribution is -2.28. The molecule has 0 unspecified atom stereocenters. The van der Waals surface area contributed by atoms with Crippen LogP contribution >= 0.6 is 0 Å². The maximum absolute atomic E-state index is 13.1. The van der Waals surface area contributed by atoms with E-state index in [4.69, 9.17) is 4.74 Å². The van der Waals surface area contributed by atoms with Crippen LogP contribution in [-0.4, -0.2) is 24.5 Å². The molecular weight excluding hydrogens is 335 g/mol. The summed E-state index contributed by atoms with van der Waals surface area (Å²) in [5, 5.41) is 2.84. The molecule has 5 nitrogen and oxygen atoms in total. The van der Waals surface area contributed by atoms with Gasteiger partial charge in [0.05, 0.1) is 12.0 Å². The summed E-state index contributed by atoms with van der Waals surface area (Å²) in [6.07, 6.45) is 0.170. The fourth-order valence-corrected chi connectivity index (χ4v) is 2.92. The minimum atomic E-state index is -0.456. The van der Waals surface area contributed by atoms with E-state index < -0.39 is 5.92 Å². The van der Waals surface area contributed by atoms with Gasteiger partial charge in [-0.15, -0.1) is 0 Å². The van der Waals surface area contributed by atoms with Gasteiger partial charge >= 0.3 is 0 Å². The maximum atomic E-state index is 13.1. The number of anilines is 2. The average Bonchev–Trinajstić information content (AvgIpc) is 2.97. The minimum Gasteiger partial charge on any atom is -0.491 e. The van der Waals surface area contributed by atoms with E-state index in [9.17, 15) is 14.0 Å². The zero-order valence-electron chi connectivity index (χ0n) is 14.7. The molecule has 1 heterocycles. The minimum absolute atomic E-state index is 0.0395. The van der Waals surface area contributed by atoms with Crippen molar-refractivity contribution >= 4 is 23.2 Å². The van der Waals surface area contributed by atoms with Gasteiger partial charge in [-0.3, -0.25) is 9.59 Å². The van der Waals surface area contributed by atoms with Crippen molar-refractivity contribution in [1.29, 1.82) is 0 Å². The standard InChI is InChI=1S/C20H21FN2O3/c1-13(2)26-18-5-3-4-16(11-18)22-20(25)14-10-19(24)23(12-14)17-8-6-15(21)7-9-17/h3-9,11,13-14H,10,12H2,1-2H3,(H,22,25)/t14-/m1/s1. The van der Waals surface area contributed by atoms with E-state index in [1.54, 1.807) is 30.3 Å². The van der Waals surface area contributed by atoms with Crippen LogP contribution in [0.15, 0.2) is 48.5 Å². The summed E-state index contributed by atoms with van der Waals surface area (Å²) in [4.78, 5) is 26.3. The number of hydrogen-bond donors (Lipinski definition) is 1. The fraction of sp³-hybridized carbons (Fsp3) is 0.300. The van der Waals surface area contributed by atoms with Gasteiger partial charge in [0.2, 0.25) is 11.8 Å². The van der Waals surface area contributed by atoms with Crippen LogP contribution in [0.1, 0.15) is 20.3 Å². The zero-order valence-corrected chi connectivity index (χ0v) is 14.7. The molecule has 0 bridgehead atoms. The highest BCUT2D eigenvalue weighted by Crippen LogP contribution is 2.27. The lowest BCUT2D eigenvalue weighted by atomic mass is 10.1. The number of hydrogen-bond acceptors (Lipinski definition) is 3. The molecule has 1 N–H and O–H groups in total. The Morgan fingerprint density at radius 2 is 1.96 bits per heavy atom. The summed E-state index contributed by atoms with van der Waals surface area (Å²) < 4.78 is 18.7. The number of carbonyl (C=O) groups is 2. The van der Waals surface area contributed by atoms with Crippen molar-refractivity contribution < 1.29 is 18.7 Å². The molecular formula is C20H21FN2O3. The van der Waals surface area contributed by atoms with E-state index >= 15 is 0 Å². The van der Waals surface area contributed by atoms with Crippen molar-refractivity contribution in [3.05, 3.63) is 54.3 Å². The molecule has 2 aromatic rings. The van der Waals surface area contributed by atoms with Gasteiger partial charge in [-0.1, -0.05) is 6.07 Å². The summed E-state index contributed by atoms with van der Waals surface area (Å²) >= 11 is 0. The predicted molar refractivity (Wildman–Crippen MR) is 97.7 cm³/mol. The lowest BCUT2D eigenvalue weighted by molar-refractivity contribution is -0.122. The normalized spacial score (nSPS) is 16.8. The summed E-state index contributed by atoms with van der Waals surface area (Å²) in [6, 6.07) is 12.8. The number of nitrogens with one attached hydrogen (secondary N) is 1. The maximum Gasteiger partial charge on any atom is 0.229 e. The van der Waals surface area contributed by atoms with Gasteiger partial charge in [0.25, 0.3) is 0 Å². The van der Waals surface area contributed by atoms with Crippen molar-refractivity contribution in [3.8, 4) is 5.75 Å². The van der Waals surface area contributed by atoms with Crippen LogP contribution in [0.2, 0.25) is 0 Å². The van der Waals surface area contributed by atoms with Crippen LogP contribution in [0.5, 0.6) is 5.75 Å². The number of amides is 2. The second-order valence-electron chi connectivity index (χ2n) is 6.57. The third kappa shape index (κ3) is 4.20. The number of nitrogens with zero attached hydrogens (tertiary/aromatic N) is 1. The summed E-state index contributed by atoms with van der Waals surface area (Å²) in [5.74, 6) is -0.507. The number of carbonyl (C=O) groups excluding carboxylic acids is 2. The summed E-state index contributed by atoms with van der Waals surface area (Å²) in [7, 11) is 0. The Hall–Kier alpha value is -2.89. The van der Waals surface area contributed by atoms with Crippen LogP contribution < -0.4 is 15.0 Å². The van der Waals surface area contributed by atoms with E-state index in [1.165, 1.54) is 17.0 Å². The first-order chi connectivity index (χ1) is 12.4. The first-order valence-electron chi connectivity index (χ1n) is 8.56. The van der Waals surface area contributed by atoms with E-state index in [1.807, 2.05) is 19.9 Å². The Morgan fingerprint density at radius 3 is 2.65 bits per heavy atom. The lowest BCUT2D eigenvalue weighted by Gasteiger charge is -2.17. The van der Waals surface area contributed by atoms with Gasteiger partial charge in [-0.2, -0.15) is 0 Å². The van der Waals surface area contributed by atoms with Crippen LogP contribution in [0.3, 0.4) is 0 Å². The highest BCUT2D eigenvalue weighted by atomic mass is 19.1. The Labute approximate surface area is 151 Å². The van der Waals surface area contributed by atoms with Gasteiger partial charge in [0.1, 0.15) is 11.6 Å². The van der Waals surface area contributed by atoms with E-state index in [-0.39, 0.29) is 36.7 Å². The van der Waals surface area contributed by atoms with Gasteiger partial charge < -0.3 is 15.0 Å². The molecule has 6 heteroatoms. The second-order valence-corrected chi connectivity index (χ2v) is 6.57. The average molecular weight is 356 g/mol. The molecule has 0 saturated carbocycles. The summed E-state index contributed by atoms with van der Waals surface area (Å²) in [5.41, 5.74) is 1.22. The van der Waals surface area contributed by atoms with Crippen molar-refractivity contribution in [2.24, 2.45) is 5.92 Å². The zero-order chi connectivity index (χ0) is 18.7. The third-order valence-corrected chi connectivity index (χ3v) is 4.11. The van der Waals surface area contributed by atoms with E-state index in [0.29, 0.717) is 17.1 Å². The van der Waals surface area contributed by atoms with Crippen LogP contribution in [0.4, 0.5) is 15.8 Å². The van der Waals surface area contributed by atoms with Crippen molar-refractivity contribution in [2.45, 2.75) is 26.4 Å². The first kappa shape index (κ1) is 17.9. The largest absolute Gasteiger partial charge is 0.491 e. The Morgan fingerprint density at radius 1 is 1.23 bits per heavy atom. The third-order valence-electron chi connectivity index (χ3n) is 4.11. The van der Waals surface area contributed by atoms with Crippen molar-refractivity contribution in [3.63, 3.8) is 0 Å². The van der Waals surface area contributed by atoms with Gasteiger partial charge in [-0.25, -0.2) is 4.39 Å². The van der Waals surface area contributed by atoms with Gasteiger partial charge in [0.15, 0.2) is 0 Å². The van der Waals surface area contributed by atoms with Crippen LogP contribution in [-0.2, 0) is 9.59 Å². The van der Waals surface area contributed by atoms with Gasteiger partial charge in [-0.05, 0) is 50.2 Å². The molecule has 2 aromatic carbocycles. The number of ether oxygens (including phenoxy) is 1. The molecule has 1 aliphatic heterocycles. The molecule has 1 atom stereocenters. The van der Waals surface area contributed by atoms with E-state index in [0.717, 1.165) is 0 Å². The Bertz CT molecular complexity index is 805. The Kier molecular flexibility index (Phi) is 5.21. The fourth-order valence-electron chi connectivity index (χ4n) is 2.92. The second kappa shape index (κ2) is 7.56. The van der Waals surface area contributed by atoms with Crippen molar-refractivity contribution in [2.75, 3.05) is 16.8 Å².